The number of carbonyl (C=O) groups is 1. The third-order valence-corrected chi connectivity index (χ3v) is 4.63. The van der Waals surface area contributed by atoms with Crippen LogP contribution in [0.15, 0.2) is 53.1 Å². The van der Waals surface area contributed by atoms with Crippen LogP contribution in [-0.2, 0) is 4.79 Å². The summed E-state index contributed by atoms with van der Waals surface area (Å²) in [7, 11) is 3.17. The molecule has 1 saturated heterocycles. The van der Waals surface area contributed by atoms with E-state index in [1.54, 1.807) is 25.2 Å². The van der Waals surface area contributed by atoms with Gasteiger partial charge in [0.05, 0.1) is 25.7 Å². The van der Waals surface area contributed by atoms with Gasteiger partial charge in [0.15, 0.2) is 0 Å². The van der Waals surface area contributed by atoms with E-state index in [2.05, 4.69) is 10.1 Å². The van der Waals surface area contributed by atoms with Crippen molar-refractivity contribution >= 4 is 11.6 Å². The number of methoxy groups -OCH3 is 2. The molecule has 1 atom stereocenters. The summed E-state index contributed by atoms with van der Waals surface area (Å²) in [5, 5.41) is 4.08. The fourth-order valence-electron chi connectivity index (χ4n) is 3.22. The average Bonchev–Trinajstić information content (AvgIpc) is 3.35. The number of anilines is 1. The van der Waals surface area contributed by atoms with Crippen molar-refractivity contribution in [1.82, 2.24) is 10.1 Å². The van der Waals surface area contributed by atoms with E-state index in [0.717, 1.165) is 5.69 Å². The number of hydrogen-bond donors (Lipinski definition) is 0. The molecule has 1 amide bonds. The Balaban J connectivity index is 1.58. The standard InChI is InChI=1S/C20H19N3O4/c1-25-15-8-9-16(17(11-15)26-2)19-21-20(27-22-19)13-10-18(24)23(12-13)14-6-4-3-5-7-14/h3-9,11,13H,10,12H2,1-2H3/t13-/m1/s1. The average molecular weight is 365 g/mol. The second-order valence-corrected chi connectivity index (χ2v) is 6.26. The topological polar surface area (TPSA) is 77.7 Å². The molecule has 0 unspecified atom stereocenters. The summed E-state index contributed by atoms with van der Waals surface area (Å²) in [5.74, 6) is 2.07. The van der Waals surface area contributed by atoms with Gasteiger partial charge in [-0.05, 0) is 24.3 Å². The number of aromatic nitrogens is 2. The molecule has 4 rings (SSSR count). The summed E-state index contributed by atoms with van der Waals surface area (Å²) >= 11 is 0. The molecule has 1 aromatic heterocycles. The lowest BCUT2D eigenvalue weighted by Gasteiger charge is -2.15. The SMILES string of the molecule is COc1ccc(-c2noc([C@@H]3CC(=O)N(c4ccccc4)C3)n2)c(OC)c1. The highest BCUT2D eigenvalue weighted by atomic mass is 16.5. The third kappa shape index (κ3) is 3.23. The largest absolute Gasteiger partial charge is 0.497 e. The molecule has 7 heteroatoms. The van der Waals surface area contributed by atoms with Gasteiger partial charge < -0.3 is 18.9 Å². The van der Waals surface area contributed by atoms with Crippen LogP contribution in [0.3, 0.4) is 0 Å². The van der Waals surface area contributed by atoms with Crippen LogP contribution in [0.1, 0.15) is 18.2 Å². The molecule has 138 valence electrons. The van der Waals surface area contributed by atoms with Crippen LogP contribution in [0.2, 0.25) is 0 Å². The molecule has 1 aliphatic heterocycles. The van der Waals surface area contributed by atoms with Crippen LogP contribution in [0.4, 0.5) is 5.69 Å². The Labute approximate surface area is 156 Å². The van der Waals surface area contributed by atoms with Crippen molar-refractivity contribution in [2.24, 2.45) is 0 Å². The Morgan fingerprint density at radius 2 is 1.93 bits per heavy atom. The Morgan fingerprint density at radius 3 is 2.67 bits per heavy atom. The van der Waals surface area contributed by atoms with E-state index in [0.29, 0.717) is 41.7 Å². The highest BCUT2D eigenvalue weighted by Crippen LogP contribution is 2.35. The van der Waals surface area contributed by atoms with Gasteiger partial charge in [0.25, 0.3) is 0 Å². The fraction of sp³-hybridized carbons (Fsp3) is 0.250. The smallest absolute Gasteiger partial charge is 0.232 e. The molecule has 0 saturated carbocycles. The van der Waals surface area contributed by atoms with Crippen LogP contribution < -0.4 is 14.4 Å². The minimum Gasteiger partial charge on any atom is -0.497 e. The lowest BCUT2D eigenvalue weighted by Crippen LogP contribution is -2.24. The Hall–Kier alpha value is -3.35. The Kier molecular flexibility index (Phi) is 4.50. The van der Waals surface area contributed by atoms with Crippen LogP contribution >= 0.6 is 0 Å². The predicted octanol–water partition coefficient (Wildman–Crippen LogP) is 3.27. The number of nitrogens with zero attached hydrogens (tertiary/aromatic N) is 3. The zero-order valence-electron chi connectivity index (χ0n) is 15.1. The van der Waals surface area contributed by atoms with E-state index in [4.69, 9.17) is 14.0 Å². The molecule has 1 aliphatic rings. The first-order chi connectivity index (χ1) is 13.2. The maximum absolute atomic E-state index is 12.4. The van der Waals surface area contributed by atoms with Crippen LogP contribution in [0.5, 0.6) is 11.5 Å². The summed E-state index contributed by atoms with van der Waals surface area (Å²) in [5.41, 5.74) is 1.58. The number of benzene rings is 2. The summed E-state index contributed by atoms with van der Waals surface area (Å²) in [6.45, 7) is 0.518. The van der Waals surface area contributed by atoms with E-state index in [-0.39, 0.29) is 11.8 Å². The first kappa shape index (κ1) is 17.1. The van der Waals surface area contributed by atoms with Crippen molar-refractivity contribution < 1.29 is 18.8 Å². The first-order valence-electron chi connectivity index (χ1n) is 8.61. The highest BCUT2D eigenvalue weighted by molar-refractivity contribution is 5.96. The normalized spacial score (nSPS) is 16.6. The molecule has 2 heterocycles. The maximum atomic E-state index is 12.4. The molecule has 0 aliphatic carbocycles. The Bertz CT molecular complexity index is 955. The van der Waals surface area contributed by atoms with Crippen LogP contribution in [-0.4, -0.2) is 36.8 Å². The number of rotatable bonds is 5. The summed E-state index contributed by atoms with van der Waals surface area (Å²) in [4.78, 5) is 18.7. The predicted molar refractivity (Wildman–Crippen MR) is 99.0 cm³/mol. The molecule has 7 nitrogen and oxygen atoms in total. The minimum absolute atomic E-state index is 0.0491. The number of amides is 1. The lowest BCUT2D eigenvalue weighted by molar-refractivity contribution is -0.117. The quantitative estimate of drug-likeness (QED) is 0.691. The molecule has 0 spiro atoms. The minimum atomic E-state index is -0.136. The van der Waals surface area contributed by atoms with Crippen molar-refractivity contribution in [2.45, 2.75) is 12.3 Å². The molecule has 3 aromatic rings. The Morgan fingerprint density at radius 1 is 1.11 bits per heavy atom. The number of carbonyl (C=O) groups excluding carboxylic acids is 1. The van der Waals surface area contributed by atoms with Crippen LogP contribution in [0.25, 0.3) is 11.4 Å². The van der Waals surface area contributed by atoms with Gasteiger partial charge in [-0.3, -0.25) is 4.79 Å². The van der Waals surface area contributed by atoms with Gasteiger partial charge in [0.1, 0.15) is 11.5 Å². The summed E-state index contributed by atoms with van der Waals surface area (Å²) in [6, 6.07) is 15.0. The number of ether oxygens (including phenoxy) is 2. The molecule has 2 aromatic carbocycles. The number of hydrogen-bond acceptors (Lipinski definition) is 6. The maximum Gasteiger partial charge on any atom is 0.232 e. The third-order valence-electron chi connectivity index (χ3n) is 4.63. The molecule has 0 N–H and O–H groups in total. The summed E-state index contributed by atoms with van der Waals surface area (Å²) < 4.78 is 16.1. The van der Waals surface area contributed by atoms with E-state index in [9.17, 15) is 4.79 Å². The molecular weight excluding hydrogens is 346 g/mol. The zero-order valence-corrected chi connectivity index (χ0v) is 15.1. The summed E-state index contributed by atoms with van der Waals surface area (Å²) in [6.07, 6.45) is 0.344. The van der Waals surface area contributed by atoms with Gasteiger partial charge in [-0.1, -0.05) is 23.4 Å². The molecule has 0 bridgehead atoms. The van der Waals surface area contributed by atoms with Crippen molar-refractivity contribution in [3.05, 3.63) is 54.4 Å². The van der Waals surface area contributed by atoms with E-state index in [1.807, 2.05) is 42.5 Å². The van der Waals surface area contributed by atoms with E-state index < -0.39 is 0 Å². The molecule has 0 radical (unpaired) electrons. The van der Waals surface area contributed by atoms with Gasteiger partial charge in [0.2, 0.25) is 17.6 Å². The second-order valence-electron chi connectivity index (χ2n) is 6.26. The van der Waals surface area contributed by atoms with Gasteiger partial charge in [-0.15, -0.1) is 0 Å². The molecule has 1 fully saturated rings. The van der Waals surface area contributed by atoms with Gasteiger partial charge >= 0.3 is 0 Å². The molecule has 27 heavy (non-hydrogen) atoms. The van der Waals surface area contributed by atoms with Crippen molar-refractivity contribution in [1.29, 1.82) is 0 Å². The lowest BCUT2D eigenvalue weighted by atomic mass is 10.1. The highest BCUT2D eigenvalue weighted by Gasteiger charge is 2.35. The van der Waals surface area contributed by atoms with Crippen molar-refractivity contribution in [3.63, 3.8) is 0 Å². The van der Waals surface area contributed by atoms with Crippen LogP contribution in [0, 0.1) is 0 Å². The van der Waals surface area contributed by atoms with Gasteiger partial charge in [0, 0.05) is 24.7 Å². The molecular formula is C20H19N3O4. The van der Waals surface area contributed by atoms with Gasteiger partial charge in [-0.2, -0.15) is 4.98 Å². The van der Waals surface area contributed by atoms with Crippen molar-refractivity contribution in [3.8, 4) is 22.9 Å². The fourth-order valence-corrected chi connectivity index (χ4v) is 3.22. The monoisotopic (exact) mass is 365 g/mol. The zero-order chi connectivity index (χ0) is 18.8. The van der Waals surface area contributed by atoms with E-state index in [1.165, 1.54) is 0 Å². The van der Waals surface area contributed by atoms with Crippen molar-refractivity contribution in [2.75, 3.05) is 25.7 Å². The van der Waals surface area contributed by atoms with Gasteiger partial charge in [-0.25, -0.2) is 0 Å². The number of para-hydroxylation sites is 1. The second kappa shape index (κ2) is 7.11. The van der Waals surface area contributed by atoms with E-state index >= 15 is 0 Å². The first-order valence-corrected chi connectivity index (χ1v) is 8.61.